The summed E-state index contributed by atoms with van der Waals surface area (Å²) in [6.45, 7) is 28.6. The molecule has 1 aliphatic rings. The number of aliphatic hydroxyl groups is 1. The molecule has 0 aliphatic carbocycles. The summed E-state index contributed by atoms with van der Waals surface area (Å²) in [5, 5.41) is 8.07. The Balaban J connectivity index is -0.000000101. The molecule has 0 spiro atoms. The van der Waals surface area contributed by atoms with Crippen LogP contribution in [0.15, 0.2) is 0 Å². The summed E-state index contributed by atoms with van der Waals surface area (Å²) in [7, 11) is 4.21. The van der Waals surface area contributed by atoms with Crippen LogP contribution in [-0.2, 0) is 4.74 Å². The molecular formula is C29H70N2O2. The van der Waals surface area contributed by atoms with Crippen molar-refractivity contribution in [2.45, 2.75) is 127 Å². The van der Waals surface area contributed by atoms with Crippen molar-refractivity contribution in [2.75, 3.05) is 60.1 Å². The van der Waals surface area contributed by atoms with Gasteiger partial charge in [0.25, 0.3) is 0 Å². The van der Waals surface area contributed by atoms with Crippen LogP contribution < -0.4 is 0 Å². The highest BCUT2D eigenvalue weighted by atomic mass is 16.5. The minimum atomic E-state index is 0.344. The maximum Gasteiger partial charge on any atom is 0.0594 e. The smallest absolute Gasteiger partial charge is 0.0594 e. The second kappa shape index (κ2) is 45.4. The molecule has 0 unspecified atom stereocenters. The fourth-order valence-corrected chi connectivity index (χ4v) is 1.84. The number of aliphatic hydroxyl groups excluding tert-OH is 1. The van der Waals surface area contributed by atoms with Gasteiger partial charge in [-0.25, -0.2) is 0 Å². The summed E-state index contributed by atoms with van der Waals surface area (Å²) >= 11 is 0. The van der Waals surface area contributed by atoms with Crippen LogP contribution in [-0.4, -0.2) is 75.0 Å². The van der Waals surface area contributed by atoms with E-state index in [2.05, 4.69) is 93.1 Å². The van der Waals surface area contributed by atoms with Gasteiger partial charge in [0.15, 0.2) is 0 Å². The van der Waals surface area contributed by atoms with E-state index in [4.69, 9.17) is 9.84 Å². The lowest BCUT2D eigenvalue weighted by molar-refractivity contribution is 0.0373. The summed E-state index contributed by atoms with van der Waals surface area (Å²) in [5.74, 6) is 0.833. The van der Waals surface area contributed by atoms with E-state index in [1.807, 2.05) is 0 Å². The maximum absolute atomic E-state index is 8.07. The summed E-state index contributed by atoms with van der Waals surface area (Å²) in [6.07, 6.45) is 11.2. The van der Waals surface area contributed by atoms with E-state index in [0.29, 0.717) is 6.61 Å². The Bertz CT molecular complexity index is 249. The number of nitrogens with zero attached hydrogens (tertiary/aromatic N) is 2. The van der Waals surface area contributed by atoms with Gasteiger partial charge in [0.05, 0.1) is 13.2 Å². The fraction of sp³-hybridized carbons (Fsp3) is 1.00. The average molecular weight is 479 g/mol. The van der Waals surface area contributed by atoms with Gasteiger partial charge in [-0.15, -0.1) is 0 Å². The van der Waals surface area contributed by atoms with E-state index in [-0.39, 0.29) is 0 Å². The number of rotatable bonds is 9. The zero-order valence-electron chi connectivity index (χ0n) is 25.6. The van der Waals surface area contributed by atoms with Crippen LogP contribution in [0, 0.1) is 5.92 Å². The van der Waals surface area contributed by atoms with Crippen LogP contribution in [0.3, 0.4) is 0 Å². The largest absolute Gasteiger partial charge is 0.396 e. The van der Waals surface area contributed by atoms with Gasteiger partial charge in [0, 0.05) is 19.7 Å². The fourth-order valence-electron chi connectivity index (χ4n) is 1.84. The SMILES string of the molecule is CC(C)C.CCC.CCCC.CCCCN(C)C.CCCCN1CCOCC1.CCCCO. The van der Waals surface area contributed by atoms with E-state index in [1.165, 1.54) is 58.0 Å². The van der Waals surface area contributed by atoms with E-state index in [1.54, 1.807) is 0 Å². The number of hydrogen-bond donors (Lipinski definition) is 1. The number of morpholine rings is 1. The summed E-state index contributed by atoms with van der Waals surface area (Å²) in [4.78, 5) is 4.69. The van der Waals surface area contributed by atoms with Crippen molar-refractivity contribution in [3.05, 3.63) is 0 Å². The quantitative estimate of drug-likeness (QED) is 0.363. The van der Waals surface area contributed by atoms with Crippen LogP contribution in [0.2, 0.25) is 0 Å². The zero-order valence-corrected chi connectivity index (χ0v) is 25.6. The monoisotopic (exact) mass is 479 g/mol. The molecule has 0 aromatic carbocycles. The van der Waals surface area contributed by atoms with Gasteiger partial charge >= 0.3 is 0 Å². The molecule has 208 valence electrons. The van der Waals surface area contributed by atoms with Crippen LogP contribution in [0.5, 0.6) is 0 Å². The van der Waals surface area contributed by atoms with Crippen molar-refractivity contribution >= 4 is 0 Å². The third kappa shape index (κ3) is 79.9. The van der Waals surface area contributed by atoms with Crippen molar-refractivity contribution in [1.82, 2.24) is 9.80 Å². The third-order valence-corrected chi connectivity index (χ3v) is 3.90. The predicted octanol–water partition coefficient (Wildman–Crippen LogP) is 8.13. The minimum absolute atomic E-state index is 0.344. The molecule has 0 amide bonds. The molecule has 0 bridgehead atoms. The Labute approximate surface area is 212 Å². The first kappa shape index (κ1) is 43.0. The van der Waals surface area contributed by atoms with Crippen LogP contribution in [0.1, 0.15) is 127 Å². The van der Waals surface area contributed by atoms with Gasteiger partial charge < -0.3 is 14.7 Å². The lowest BCUT2D eigenvalue weighted by atomic mass is 10.3. The van der Waals surface area contributed by atoms with Gasteiger partial charge in [-0.2, -0.15) is 0 Å². The van der Waals surface area contributed by atoms with Gasteiger partial charge in [-0.05, 0) is 52.4 Å². The normalized spacial score (nSPS) is 12.5. The van der Waals surface area contributed by atoms with Crippen LogP contribution in [0.25, 0.3) is 0 Å². The Kier molecular flexibility index (Phi) is 59.0. The molecule has 0 atom stereocenters. The van der Waals surface area contributed by atoms with E-state index < -0.39 is 0 Å². The molecular weight excluding hydrogens is 408 g/mol. The van der Waals surface area contributed by atoms with Crippen LogP contribution in [0.4, 0.5) is 0 Å². The molecule has 1 saturated heterocycles. The van der Waals surface area contributed by atoms with E-state index >= 15 is 0 Å². The van der Waals surface area contributed by atoms with E-state index in [9.17, 15) is 0 Å². The highest BCUT2D eigenvalue weighted by Gasteiger charge is 2.07. The molecule has 1 heterocycles. The topological polar surface area (TPSA) is 35.9 Å². The number of ether oxygens (including phenoxy) is 1. The van der Waals surface area contributed by atoms with Gasteiger partial charge in [-0.1, -0.05) is 108 Å². The Morgan fingerprint density at radius 2 is 1.12 bits per heavy atom. The van der Waals surface area contributed by atoms with Crippen molar-refractivity contribution in [1.29, 1.82) is 0 Å². The van der Waals surface area contributed by atoms with Crippen molar-refractivity contribution in [3.8, 4) is 0 Å². The van der Waals surface area contributed by atoms with Crippen molar-refractivity contribution in [2.24, 2.45) is 5.92 Å². The molecule has 1 fully saturated rings. The summed E-state index contributed by atoms with van der Waals surface area (Å²) in [5.41, 5.74) is 0. The molecule has 4 heteroatoms. The predicted molar refractivity (Wildman–Crippen MR) is 155 cm³/mol. The molecule has 1 aliphatic heterocycles. The van der Waals surface area contributed by atoms with Gasteiger partial charge in [-0.3, -0.25) is 4.90 Å². The Morgan fingerprint density at radius 1 is 0.727 bits per heavy atom. The Hall–Kier alpha value is -0.160. The second-order valence-electron chi connectivity index (χ2n) is 9.48. The third-order valence-electron chi connectivity index (χ3n) is 3.90. The second-order valence-corrected chi connectivity index (χ2v) is 9.48. The zero-order chi connectivity index (χ0) is 26.8. The van der Waals surface area contributed by atoms with Crippen molar-refractivity contribution < 1.29 is 9.84 Å². The molecule has 4 nitrogen and oxygen atoms in total. The first-order chi connectivity index (χ1) is 15.7. The van der Waals surface area contributed by atoms with Gasteiger partial charge in [0.1, 0.15) is 0 Å². The molecule has 33 heavy (non-hydrogen) atoms. The minimum Gasteiger partial charge on any atom is -0.396 e. The average Bonchev–Trinajstić information content (AvgIpc) is 2.78. The number of hydrogen-bond acceptors (Lipinski definition) is 4. The maximum atomic E-state index is 8.07. The van der Waals surface area contributed by atoms with Crippen molar-refractivity contribution in [3.63, 3.8) is 0 Å². The molecule has 1 rings (SSSR count). The van der Waals surface area contributed by atoms with Gasteiger partial charge in [0.2, 0.25) is 0 Å². The number of unbranched alkanes of at least 4 members (excludes halogenated alkanes) is 4. The van der Waals surface area contributed by atoms with E-state index in [0.717, 1.165) is 45.1 Å². The molecule has 0 aromatic rings. The standard InChI is InChI=1S/C8H17NO.C6H15N.C4H10O.2C4H10.C3H8/c1-2-3-4-9-5-7-10-8-6-9;1-4-5-6-7(2)3;1-2-3-4-5;1-4(2)3;1-3-4-2;1-3-2/h2-8H2,1H3;4-6H2,1-3H3;5H,2-4H2,1H3;4H,1-3H3;3-4H2,1-2H3;3H2,1-2H3. The van der Waals surface area contributed by atoms with Crippen LogP contribution >= 0.6 is 0 Å². The molecule has 0 aromatic heterocycles. The molecule has 0 radical (unpaired) electrons. The first-order valence-electron chi connectivity index (χ1n) is 14.2. The highest BCUT2D eigenvalue weighted by Crippen LogP contribution is 1.98. The molecule has 0 saturated carbocycles. The summed E-state index contributed by atoms with van der Waals surface area (Å²) < 4.78 is 5.24. The Morgan fingerprint density at radius 3 is 1.33 bits per heavy atom. The molecule has 1 N–H and O–H groups in total. The first-order valence-corrected chi connectivity index (χ1v) is 14.2. The highest BCUT2D eigenvalue weighted by molar-refractivity contribution is 4.60. The lowest BCUT2D eigenvalue weighted by Crippen LogP contribution is -2.36. The lowest BCUT2D eigenvalue weighted by Gasteiger charge is -2.26. The summed E-state index contributed by atoms with van der Waals surface area (Å²) in [6, 6.07) is 0.